The third-order valence-corrected chi connectivity index (χ3v) is 4.93. The van der Waals surface area contributed by atoms with E-state index in [1.54, 1.807) is 23.8 Å². The molecule has 8 heteroatoms. The maximum Gasteiger partial charge on any atom is 0.241 e. The van der Waals surface area contributed by atoms with Gasteiger partial charge in [-0.3, -0.25) is 0 Å². The molecular formula is C18H20FN7. The standard InChI is InChI=1S/C18H20FN7/c1-21-15-9-12(3-4-14(15)24-20)13-5-8-26-16(13)10-22-17(25-26)23-11-18(19)6-2-7-18/h3-5,8-10,20-21H,2,6-7,11H2,1H3,(H,23,25). The Labute approximate surface area is 150 Å². The van der Waals surface area contributed by atoms with Crippen molar-refractivity contribution in [2.45, 2.75) is 24.9 Å². The molecular weight excluding hydrogens is 333 g/mol. The molecule has 4 rings (SSSR count). The van der Waals surface area contributed by atoms with Crippen molar-refractivity contribution in [2.24, 2.45) is 5.11 Å². The first kappa shape index (κ1) is 16.4. The molecule has 1 aliphatic rings. The summed E-state index contributed by atoms with van der Waals surface area (Å²) >= 11 is 0. The maximum absolute atomic E-state index is 14.1. The molecule has 0 unspecified atom stereocenters. The Morgan fingerprint density at radius 3 is 2.88 bits per heavy atom. The molecule has 0 atom stereocenters. The molecule has 0 aliphatic heterocycles. The van der Waals surface area contributed by atoms with E-state index in [1.807, 2.05) is 24.4 Å². The number of alkyl halides is 1. The summed E-state index contributed by atoms with van der Waals surface area (Å²) in [6.45, 7) is 0.246. The second-order valence-corrected chi connectivity index (χ2v) is 6.59. The molecule has 3 N–H and O–H groups in total. The summed E-state index contributed by atoms with van der Waals surface area (Å²) < 4.78 is 15.8. The van der Waals surface area contributed by atoms with Crippen molar-refractivity contribution < 1.29 is 4.39 Å². The van der Waals surface area contributed by atoms with Crippen molar-refractivity contribution in [3.05, 3.63) is 36.7 Å². The molecule has 2 heterocycles. The molecule has 134 valence electrons. The molecule has 0 spiro atoms. The Kier molecular flexibility index (Phi) is 4.02. The van der Waals surface area contributed by atoms with Gasteiger partial charge in [0.05, 0.1) is 23.9 Å². The Hall–Kier alpha value is -3.03. The summed E-state index contributed by atoms with van der Waals surface area (Å²) in [4.78, 5) is 4.33. The molecule has 2 aromatic heterocycles. The van der Waals surface area contributed by atoms with Crippen LogP contribution in [0.2, 0.25) is 0 Å². The van der Waals surface area contributed by atoms with Crippen LogP contribution in [0, 0.1) is 5.53 Å². The summed E-state index contributed by atoms with van der Waals surface area (Å²) in [6.07, 6.45) is 5.74. The van der Waals surface area contributed by atoms with Gasteiger partial charge in [0.2, 0.25) is 5.95 Å². The van der Waals surface area contributed by atoms with E-state index in [2.05, 4.69) is 25.8 Å². The first-order valence-corrected chi connectivity index (χ1v) is 8.59. The first-order valence-electron chi connectivity index (χ1n) is 8.59. The van der Waals surface area contributed by atoms with Crippen molar-refractivity contribution in [3.8, 4) is 11.1 Å². The lowest BCUT2D eigenvalue weighted by atomic mass is 9.82. The van der Waals surface area contributed by atoms with E-state index >= 15 is 0 Å². The molecule has 7 nitrogen and oxygen atoms in total. The number of halogens is 1. The van der Waals surface area contributed by atoms with Gasteiger partial charge in [-0.1, -0.05) is 6.07 Å². The molecule has 1 aromatic carbocycles. The van der Waals surface area contributed by atoms with E-state index < -0.39 is 5.67 Å². The minimum atomic E-state index is -1.12. The van der Waals surface area contributed by atoms with Crippen LogP contribution in [0.25, 0.3) is 16.6 Å². The molecule has 0 radical (unpaired) electrons. The van der Waals surface area contributed by atoms with Crippen LogP contribution in [-0.4, -0.2) is 33.9 Å². The van der Waals surface area contributed by atoms with Gasteiger partial charge in [0.25, 0.3) is 0 Å². The fourth-order valence-corrected chi connectivity index (χ4v) is 3.20. The number of nitrogens with zero attached hydrogens (tertiary/aromatic N) is 4. The van der Waals surface area contributed by atoms with Gasteiger partial charge in [-0.15, -0.1) is 5.10 Å². The van der Waals surface area contributed by atoms with Gasteiger partial charge in [-0.2, -0.15) is 5.11 Å². The molecule has 1 aliphatic carbocycles. The monoisotopic (exact) mass is 353 g/mol. The highest BCUT2D eigenvalue weighted by Gasteiger charge is 2.36. The fourth-order valence-electron chi connectivity index (χ4n) is 3.20. The topological polar surface area (TPSA) is 90.5 Å². The van der Waals surface area contributed by atoms with Crippen molar-refractivity contribution >= 4 is 22.8 Å². The van der Waals surface area contributed by atoms with Crippen LogP contribution in [0.3, 0.4) is 0 Å². The number of rotatable bonds is 6. The maximum atomic E-state index is 14.1. The average molecular weight is 353 g/mol. The summed E-state index contributed by atoms with van der Waals surface area (Å²) in [5, 5.41) is 14.0. The fraction of sp³-hybridized carbons (Fsp3) is 0.333. The zero-order valence-corrected chi connectivity index (χ0v) is 14.5. The summed E-state index contributed by atoms with van der Waals surface area (Å²) in [5.74, 6) is 0.419. The third kappa shape index (κ3) is 2.87. The van der Waals surface area contributed by atoms with Crippen LogP contribution in [0.5, 0.6) is 0 Å². The van der Waals surface area contributed by atoms with Gasteiger partial charge in [0, 0.05) is 18.8 Å². The molecule has 0 saturated heterocycles. The second-order valence-electron chi connectivity index (χ2n) is 6.59. The highest BCUT2D eigenvalue weighted by Crippen LogP contribution is 2.36. The molecule has 0 amide bonds. The van der Waals surface area contributed by atoms with Crippen LogP contribution in [-0.2, 0) is 0 Å². The molecule has 1 fully saturated rings. The molecule has 1 saturated carbocycles. The van der Waals surface area contributed by atoms with E-state index in [4.69, 9.17) is 5.53 Å². The van der Waals surface area contributed by atoms with Gasteiger partial charge >= 0.3 is 0 Å². The van der Waals surface area contributed by atoms with Gasteiger partial charge in [-0.05, 0) is 43.0 Å². The Morgan fingerprint density at radius 2 is 2.19 bits per heavy atom. The predicted octanol–water partition coefficient (Wildman–Crippen LogP) is 4.40. The Morgan fingerprint density at radius 1 is 1.35 bits per heavy atom. The number of hydrogen-bond donors (Lipinski definition) is 3. The summed E-state index contributed by atoms with van der Waals surface area (Å²) in [5.41, 5.74) is 10.3. The van der Waals surface area contributed by atoms with Crippen LogP contribution in [0.1, 0.15) is 19.3 Å². The highest BCUT2D eigenvalue weighted by molar-refractivity contribution is 5.84. The number of aromatic nitrogens is 3. The van der Waals surface area contributed by atoms with E-state index in [9.17, 15) is 4.39 Å². The largest absolute Gasteiger partial charge is 0.386 e. The van der Waals surface area contributed by atoms with E-state index in [0.717, 1.165) is 28.8 Å². The quantitative estimate of drug-likeness (QED) is 0.573. The second kappa shape index (κ2) is 6.36. The van der Waals surface area contributed by atoms with Gasteiger partial charge in [-0.25, -0.2) is 19.4 Å². The number of fused-ring (bicyclic) bond motifs is 1. The number of anilines is 2. The predicted molar refractivity (Wildman–Crippen MR) is 99.0 cm³/mol. The smallest absolute Gasteiger partial charge is 0.241 e. The third-order valence-electron chi connectivity index (χ3n) is 4.93. The van der Waals surface area contributed by atoms with Gasteiger partial charge in [0.15, 0.2) is 0 Å². The lowest BCUT2D eigenvalue weighted by Gasteiger charge is -2.33. The number of benzene rings is 1. The van der Waals surface area contributed by atoms with Crippen LogP contribution in [0.4, 0.5) is 21.7 Å². The van der Waals surface area contributed by atoms with Gasteiger partial charge < -0.3 is 10.6 Å². The van der Waals surface area contributed by atoms with E-state index in [-0.39, 0.29) is 6.54 Å². The SMILES string of the molecule is CNc1cc(-c2ccn3nc(NCC4(F)CCC4)ncc23)ccc1N=N. The summed E-state index contributed by atoms with van der Waals surface area (Å²) in [7, 11) is 1.80. The molecule has 3 aromatic rings. The lowest BCUT2D eigenvalue weighted by Crippen LogP contribution is -2.39. The highest BCUT2D eigenvalue weighted by atomic mass is 19.1. The van der Waals surface area contributed by atoms with Crippen molar-refractivity contribution in [2.75, 3.05) is 24.2 Å². The lowest BCUT2D eigenvalue weighted by molar-refractivity contribution is 0.0782. The van der Waals surface area contributed by atoms with Crippen molar-refractivity contribution in [1.29, 1.82) is 5.53 Å². The van der Waals surface area contributed by atoms with Crippen LogP contribution >= 0.6 is 0 Å². The average Bonchev–Trinajstić information content (AvgIpc) is 3.07. The normalized spacial score (nSPS) is 15.5. The van der Waals surface area contributed by atoms with Gasteiger partial charge in [0.1, 0.15) is 11.4 Å². The first-order chi connectivity index (χ1) is 12.6. The van der Waals surface area contributed by atoms with E-state index in [0.29, 0.717) is 24.5 Å². The minimum Gasteiger partial charge on any atom is -0.386 e. The van der Waals surface area contributed by atoms with Crippen molar-refractivity contribution in [1.82, 2.24) is 14.6 Å². The molecule has 26 heavy (non-hydrogen) atoms. The molecule has 0 bridgehead atoms. The number of nitrogens with one attached hydrogen (secondary N) is 3. The van der Waals surface area contributed by atoms with Crippen molar-refractivity contribution in [3.63, 3.8) is 0 Å². The Bertz CT molecular complexity index is 961. The zero-order valence-electron chi connectivity index (χ0n) is 14.5. The minimum absolute atomic E-state index is 0.246. The van der Waals surface area contributed by atoms with E-state index in [1.165, 1.54) is 0 Å². The Balaban J connectivity index is 1.62. The van der Waals surface area contributed by atoms with Crippen LogP contribution < -0.4 is 10.6 Å². The summed E-state index contributed by atoms with van der Waals surface area (Å²) in [6, 6.07) is 7.62. The zero-order chi connectivity index (χ0) is 18.1. The van der Waals surface area contributed by atoms with Crippen LogP contribution in [0.15, 0.2) is 41.8 Å². The number of hydrogen-bond acceptors (Lipinski definition) is 6.